The van der Waals surface area contributed by atoms with Crippen molar-refractivity contribution in [2.75, 3.05) is 7.11 Å². The van der Waals surface area contributed by atoms with Gasteiger partial charge in [-0.15, -0.1) is 0 Å². The molecule has 0 spiro atoms. The number of benzene rings is 1. The minimum Gasteiger partial charge on any atom is 0 e. The van der Waals surface area contributed by atoms with Crippen molar-refractivity contribution in [1.29, 1.82) is 0 Å². The average molecular weight is 394 g/mol. The van der Waals surface area contributed by atoms with E-state index in [1.807, 2.05) is 12.1 Å². The van der Waals surface area contributed by atoms with E-state index >= 15 is 0 Å². The molecule has 0 amide bonds. The summed E-state index contributed by atoms with van der Waals surface area (Å²) in [6, 6.07) is 8.28. The molecule has 140 valence electrons. The van der Waals surface area contributed by atoms with Gasteiger partial charge in [-0.2, -0.15) is 0 Å². The van der Waals surface area contributed by atoms with Crippen molar-refractivity contribution >= 4 is 6.08 Å². The summed E-state index contributed by atoms with van der Waals surface area (Å²) in [5.41, 5.74) is 3.25. The Balaban J connectivity index is -0.000000686. The second-order valence-electron chi connectivity index (χ2n) is 6.68. The minimum absolute atomic E-state index is 0. The van der Waals surface area contributed by atoms with Gasteiger partial charge >= 0.3 is 33.9 Å². The van der Waals surface area contributed by atoms with Crippen LogP contribution in [0.4, 0.5) is 0 Å². The van der Waals surface area contributed by atoms with Crippen LogP contribution in [0, 0.1) is 31.3 Å². The van der Waals surface area contributed by atoms with Crippen LogP contribution in [0.15, 0.2) is 29.8 Å². The van der Waals surface area contributed by atoms with Gasteiger partial charge in [-0.05, 0) is 43.1 Å². The van der Waals surface area contributed by atoms with Crippen molar-refractivity contribution in [3.63, 3.8) is 0 Å². The third kappa shape index (κ3) is 10.5. The first-order valence-corrected chi connectivity index (χ1v) is 7.94. The standard InChI is InChI=1S/C18H26O.3CO.Cr/c1-18(2,3)16-11-9-14(10-12-16)13-15-7-5-6-8-17(15)19-4;3*1-2;/h5-8,13,16H,9-12H2,1-4H3;;;;. The molecule has 5 heteroatoms. The van der Waals surface area contributed by atoms with Crippen LogP contribution in [0.5, 0.6) is 5.75 Å². The molecule has 0 saturated heterocycles. The molecule has 0 bridgehead atoms. The molecule has 1 fully saturated rings. The van der Waals surface area contributed by atoms with Gasteiger partial charge in [0.05, 0.1) is 7.11 Å². The van der Waals surface area contributed by atoms with E-state index in [0.29, 0.717) is 5.41 Å². The minimum atomic E-state index is 0. The Morgan fingerprint density at radius 2 is 1.42 bits per heavy atom. The molecule has 0 heterocycles. The molecule has 0 aromatic heterocycles. The fraction of sp³-hybridized carbons (Fsp3) is 0.476. The molecule has 1 aliphatic carbocycles. The molecule has 0 N–H and O–H groups in total. The Hall–Kier alpha value is -1.49. The normalized spacial score (nSPS) is 15.0. The molecule has 1 saturated carbocycles. The summed E-state index contributed by atoms with van der Waals surface area (Å²) in [7, 11) is 1.74. The van der Waals surface area contributed by atoms with E-state index in [1.54, 1.807) is 12.7 Å². The van der Waals surface area contributed by atoms with Crippen molar-refractivity contribution in [3.05, 3.63) is 55.4 Å². The first-order chi connectivity index (χ1) is 12.0. The van der Waals surface area contributed by atoms with Gasteiger partial charge in [0.15, 0.2) is 0 Å². The van der Waals surface area contributed by atoms with Crippen molar-refractivity contribution in [2.24, 2.45) is 11.3 Å². The van der Waals surface area contributed by atoms with Crippen molar-refractivity contribution < 1.29 is 36.1 Å². The van der Waals surface area contributed by atoms with Crippen molar-refractivity contribution in [1.82, 2.24) is 0 Å². The van der Waals surface area contributed by atoms with Crippen LogP contribution in [-0.2, 0) is 31.3 Å². The van der Waals surface area contributed by atoms with Gasteiger partial charge in [0.25, 0.3) is 0 Å². The Morgan fingerprint density at radius 3 is 1.85 bits per heavy atom. The average Bonchev–Trinajstić information content (AvgIpc) is 2.67. The number of hydrogen-bond acceptors (Lipinski definition) is 1. The maximum Gasteiger partial charge on any atom is 0 e. The molecular weight excluding hydrogens is 368 g/mol. The number of rotatable bonds is 2. The molecule has 1 aromatic carbocycles. The second kappa shape index (κ2) is 17.0. The van der Waals surface area contributed by atoms with E-state index in [9.17, 15) is 0 Å². The Bertz CT molecular complexity index is 555. The van der Waals surface area contributed by atoms with E-state index < -0.39 is 0 Å². The number of hydrogen-bond donors (Lipinski definition) is 0. The number of methoxy groups -OCH3 is 1. The van der Waals surface area contributed by atoms with E-state index in [4.69, 9.17) is 18.7 Å². The summed E-state index contributed by atoms with van der Waals surface area (Å²) < 4.78 is 27.9. The molecule has 1 aliphatic rings. The monoisotopic (exact) mass is 394 g/mol. The van der Waals surface area contributed by atoms with Crippen LogP contribution < -0.4 is 4.74 Å². The first kappa shape index (κ1) is 29.3. The van der Waals surface area contributed by atoms with Gasteiger partial charge in [-0.3, -0.25) is 0 Å². The summed E-state index contributed by atoms with van der Waals surface area (Å²) in [5, 5.41) is 0. The van der Waals surface area contributed by atoms with Crippen LogP contribution in [0.2, 0.25) is 0 Å². The van der Waals surface area contributed by atoms with Gasteiger partial charge in [0.1, 0.15) is 5.75 Å². The largest absolute Gasteiger partial charge is 0 e. The van der Waals surface area contributed by atoms with E-state index in [1.165, 1.54) is 31.2 Å². The zero-order chi connectivity index (χ0) is 19.9. The molecule has 1 aromatic rings. The number of para-hydroxylation sites is 1. The van der Waals surface area contributed by atoms with Crippen LogP contribution in [-0.4, -0.2) is 7.11 Å². The summed E-state index contributed by atoms with van der Waals surface area (Å²) in [6.07, 6.45) is 7.45. The second-order valence-corrected chi connectivity index (χ2v) is 6.68. The smallest absolute Gasteiger partial charge is 0 e. The van der Waals surface area contributed by atoms with Gasteiger partial charge < -0.3 is 4.74 Å². The summed E-state index contributed by atoms with van der Waals surface area (Å²) in [5.74, 6) is 1.84. The van der Waals surface area contributed by atoms with E-state index in [2.05, 4.69) is 58.9 Å². The van der Waals surface area contributed by atoms with Gasteiger partial charge in [0, 0.05) is 22.9 Å². The maximum atomic E-state index is 7.50. The quantitative estimate of drug-likeness (QED) is 0.502. The van der Waals surface area contributed by atoms with Gasteiger partial charge in [0.2, 0.25) is 0 Å². The van der Waals surface area contributed by atoms with E-state index in [-0.39, 0.29) is 17.4 Å². The fourth-order valence-corrected chi connectivity index (χ4v) is 3.00. The molecule has 26 heavy (non-hydrogen) atoms. The molecule has 0 radical (unpaired) electrons. The third-order valence-corrected chi connectivity index (χ3v) is 4.35. The third-order valence-electron chi connectivity index (χ3n) is 4.35. The molecule has 2 rings (SSSR count). The number of ether oxygens (including phenoxy) is 1. The van der Waals surface area contributed by atoms with Crippen LogP contribution >= 0.6 is 0 Å². The summed E-state index contributed by atoms with van der Waals surface area (Å²) in [6.45, 7) is 20.6. The van der Waals surface area contributed by atoms with Gasteiger partial charge in [-0.1, -0.05) is 50.6 Å². The number of allylic oxidation sites excluding steroid dienone is 1. The topological polar surface area (TPSA) is 68.9 Å². The zero-order valence-electron chi connectivity index (χ0n) is 15.8. The molecule has 4 nitrogen and oxygen atoms in total. The SMILES string of the molecule is COc1ccccc1C=C1CCC(C(C)(C)C)CC1.[C-]#[O+].[C-]#[O+].[C-]#[O+].[Cr]. The Morgan fingerprint density at radius 1 is 0.962 bits per heavy atom. The zero-order valence-corrected chi connectivity index (χ0v) is 17.1. The first-order valence-electron chi connectivity index (χ1n) is 7.94. The summed E-state index contributed by atoms with van der Waals surface area (Å²) >= 11 is 0. The van der Waals surface area contributed by atoms with Crippen LogP contribution in [0.25, 0.3) is 6.08 Å². The van der Waals surface area contributed by atoms with Gasteiger partial charge in [-0.25, -0.2) is 0 Å². The molecule has 0 unspecified atom stereocenters. The van der Waals surface area contributed by atoms with Crippen LogP contribution in [0.3, 0.4) is 0 Å². The molecular formula is C21H26CrO4. The van der Waals surface area contributed by atoms with E-state index in [0.717, 1.165) is 11.7 Å². The predicted molar refractivity (Wildman–Crippen MR) is 94.2 cm³/mol. The Labute approximate surface area is 168 Å². The van der Waals surface area contributed by atoms with Crippen molar-refractivity contribution in [2.45, 2.75) is 46.5 Å². The summed E-state index contributed by atoms with van der Waals surface area (Å²) in [4.78, 5) is 0. The predicted octanol–water partition coefficient (Wildman–Crippen LogP) is 5.20. The maximum absolute atomic E-state index is 7.50. The Kier molecular flexibility index (Phi) is 19.1. The molecule has 0 aliphatic heterocycles. The molecule has 0 atom stereocenters. The van der Waals surface area contributed by atoms with Crippen molar-refractivity contribution in [3.8, 4) is 5.75 Å². The van der Waals surface area contributed by atoms with Crippen LogP contribution in [0.1, 0.15) is 52.0 Å². The fourth-order valence-electron chi connectivity index (χ4n) is 3.00.